The fourth-order valence-corrected chi connectivity index (χ4v) is 4.16. The molecule has 2 aromatic carbocycles. The molecule has 1 saturated carbocycles. The fourth-order valence-electron chi connectivity index (χ4n) is 3.20. The summed E-state index contributed by atoms with van der Waals surface area (Å²) in [5.74, 6) is -0.708. The van der Waals surface area contributed by atoms with Crippen LogP contribution < -0.4 is 10.1 Å². The van der Waals surface area contributed by atoms with Gasteiger partial charge in [-0.1, -0.05) is 42.5 Å². The zero-order valence-corrected chi connectivity index (χ0v) is 17.7. The third kappa shape index (κ3) is 4.67. The summed E-state index contributed by atoms with van der Waals surface area (Å²) in [4.78, 5) is 37.9. The number of ether oxygens (including phenoxy) is 2. The van der Waals surface area contributed by atoms with Gasteiger partial charge in [-0.2, -0.15) is 0 Å². The maximum Gasteiger partial charge on any atom is 0.342 e. The minimum Gasteiger partial charge on any atom is -0.496 e. The molecule has 0 unspecified atom stereocenters. The van der Waals surface area contributed by atoms with Crippen molar-refractivity contribution in [2.24, 2.45) is 5.92 Å². The molecule has 1 aliphatic carbocycles. The molecule has 1 fully saturated rings. The SMILES string of the molecule is COc1ccccc1C(=O)COC(=O)c1c(-c2ccccc2)csc1NC(=O)C1CC1. The van der Waals surface area contributed by atoms with Crippen LogP contribution in [0.15, 0.2) is 60.0 Å². The predicted octanol–water partition coefficient (Wildman–Crippen LogP) is 4.81. The number of methoxy groups -OCH3 is 1. The van der Waals surface area contributed by atoms with Crippen molar-refractivity contribution in [3.63, 3.8) is 0 Å². The number of nitrogens with one attached hydrogen (secondary N) is 1. The van der Waals surface area contributed by atoms with Crippen LogP contribution in [0.25, 0.3) is 11.1 Å². The van der Waals surface area contributed by atoms with E-state index in [1.54, 1.807) is 24.3 Å². The van der Waals surface area contributed by atoms with E-state index in [0.29, 0.717) is 21.9 Å². The average Bonchev–Trinajstić information content (AvgIpc) is 3.58. The number of benzene rings is 2. The Labute approximate surface area is 183 Å². The lowest BCUT2D eigenvalue weighted by Gasteiger charge is -2.10. The summed E-state index contributed by atoms with van der Waals surface area (Å²) in [6.07, 6.45) is 1.71. The van der Waals surface area contributed by atoms with E-state index in [9.17, 15) is 14.4 Å². The molecule has 7 heteroatoms. The molecule has 1 aromatic heterocycles. The number of thiophene rings is 1. The van der Waals surface area contributed by atoms with Crippen LogP contribution >= 0.6 is 11.3 Å². The number of Topliss-reactive ketones (excluding diaryl/α,β-unsaturated/α-hetero) is 1. The van der Waals surface area contributed by atoms with Crippen molar-refractivity contribution in [3.8, 4) is 16.9 Å². The summed E-state index contributed by atoms with van der Waals surface area (Å²) in [6.45, 7) is -0.431. The third-order valence-corrected chi connectivity index (χ3v) is 5.90. The maximum atomic E-state index is 13.0. The molecule has 1 N–H and O–H groups in total. The van der Waals surface area contributed by atoms with Crippen molar-refractivity contribution < 1.29 is 23.9 Å². The summed E-state index contributed by atoms with van der Waals surface area (Å²) >= 11 is 1.27. The Morgan fingerprint density at radius 2 is 1.74 bits per heavy atom. The van der Waals surface area contributed by atoms with Crippen LogP contribution in [0.4, 0.5) is 5.00 Å². The average molecular weight is 436 g/mol. The molecule has 4 rings (SSSR count). The Morgan fingerprint density at radius 3 is 2.45 bits per heavy atom. The minimum atomic E-state index is -0.658. The number of rotatable bonds is 8. The Balaban J connectivity index is 1.57. The molecular weight excluding hydrogens is 414 g/mol. The number of para-hydroxylation sites is 1. The quantitative estimate of drug-likeness (QED) is 0.406. The van der Waals surface area contributed by atoms with Gasteiger partial charge in [-0.15, -0.1) is 11.3 Å². The van der Waals surface area contributed by atoms with Gasteiger partial charge in [0.05, 0.1) is 12.7 Å². The van der Waals surface area contributed by atoms with E-state index in [2.05, 4.69) is 5.32 Å². The van der Waals surface area contributed by atoms with Crippen LogP contribution in [-0.4, -0.2) is 31.4 Å². The van der Waals surface area contributed by atoms with Gasteiger partial charge in [0.15, 0.2) is 6.61 Å². The van der Waals surface area contributed by atoms with Gasteiger partial charge in [-0.3, -0.25) is 9.59 Å². The Bertz CT molecular complexity index is 1120. The second kappa shape index (κ2) is 9.14. The lowest BCUT2D eigenvalue weighted by atomic mass is 10.0. The van der Waals surface area contributed by atoms with Crippen LogP contribution in [-0.2, 0) is 9.53 Å². The number of anilines is 1. The summed E-state index contributed by atoms with van der Waals surface area (Å²) in [5.41, 5.74) is 2.09. The number of esters is 1. The maximum absolute atomic E-state index is 13.0. The highest BCUT2D eigenvalue weighted by atomic mass is 32.1. The predicted molar refractivity (Wildman–Crippen MR) is 119 cm³/mol. The Hall–Kier alpha value is -3.45. The van der Waals surface area contributed by atoms with E-state index < -0.39 is 12.6 Å². The van der Waals surface area contributed by atoms with Gasteiger partial charge in [0.1, 0.15) is 16.3 Å². The van der Waals surface area contributed by atoms with Gasteiger partial charge in [0.2, 0.25) is 11.7 Å². The van der Waals surface area contributed by atoms with Crippen LogP contribution in [0.2, 0.25) is 0 Å². The first-order valence-electron chi connectivity index (χ1n) is 9.89. The molecule has 0 spiro atoms. The van der Waals surface area contributed by atoms with E-state index in [1.807, 2.05) is 35.7 Å². The molecule has 1 aliphatic rings. The molecule has 0 bridgehead atoms. The number of carbonyl (C=O) groups is 3. The molecule has 158 valence electrons. The van der Waals surface area contributed by atoms with E-state index in [1.165, 1.54) is 18.4 Å². The Morgan fingerprint density at radius 1 is 1.03 bits per heavy atom. The van der Waals surface area contributed by atoms with Crippen LogP contribution in [0.1, 0.15) is 33.6 Å². The van der Waals surface area contributed by atoms with Gasteiger partial charge in [0.25, 0.3) is 0 Å². The number of carbonyl (C=O) groups excluding carboxylic acids is 3. The van der Waals surface area contributed by atoms with E-state index in [4.69, 9.17) is 9.47 Å². The minimum absolute atomic E-state index is 0.00160. The van der Waals surface area contributed by atoms with E-state index >= 15 is 0 Å². The summed E-state index contributed by atoms with van der Waals surface area (Å²) in [7, 11) is 1.48. The summed E-state index contributed by atoms with van der Waals surface area (Å²) in [6, 6.07) is 16.2. The molecule has 0 atom stereocenters. The van der Waals surface area contributed by atoms with Crippen LogP contribution in [0, 0.1) is 5.92 Å². The molecule has 1 heterocycles. The van der Waals surface area contributed by atoms with Gasteiger partial charge in [0, 0.05) is 16.9 Å². The van der Waals surface area contributed by atoms with Gasteiger partial charge in [-0.25, -0.2) is 4.79 Å². The first-order valence-corrected chi connectivity index (χ1v) is 10.8. The molecule has 0 radical (unpaired) electrons. The van der Waals surface area contributed by atoms with Crippen LogP contribution in [0.3, 0.4) is 0 Å². The highest BCUT2D eigenvalue weighted by molar-refractivity contribution is 7.15. The van der Waals surface area contributed by atoms with Crippen molar-refractivity contribution in [1.29, 1.82) is 0 Å². The van der Waals surface area contributed by atoms with Crippen molar-refractivity contribution in [1.82, 2.24) is 0 Å². The first kappa shape index (κ1) is 20.8. The smallest absolute Gasteiger partial charge is 0.342 e. The molecule has 6 nitrogen and oxygen atoms in total. The standard InChI is InChI=1S/C24H21NO5S/c1-29-20-10-6-5-9-17(20)19(26)13-30-24(28)21-18(15-7-3-2-4-8-15)14-31-23(21)25-22(27)16-11-12-16/h2-10,14,16H,11-13H2,1H3,(H,25,27). The van der Waals surface area contributed by atoms with Crippen molar-refractivity contribution >= 4 is 34.0 Å². The summed E-state index contributed by atoms with van der Waals surface area (Å²) in [5, 5.41) is 5.11. The molecule has 31 heavy (non-hydrogen) atoms. The monoisotopic (exact) mass is 435 g/mol. The number of hydrogen-bond acceptors (Lipinski definition) is 6. The van der Waals surface area contributed by atoms with Gasteiger partial charge >= 0.3 is 5.97 Å². The zero-order chi connectivity index (χ0) is 21.8. The lowest BCUT2D eigenvalue weighted by molar-refractivity contribution is -0.117. The van der Waals surface area contributed by atoms with E-state index in [-0.39, 0.29) is 23.2 Å². The number of ketones is 1. The highest BCUT2D eigenvalue weighted by Gasteiger charge is 2.32. The topological polar surface area (TPSA) is 81.7 Å². The van der Waals surface area contributed by atoms with Crippen molar-refractivity contribution in [2.75, 3.05) is 19.0 Å². The second-order valence-corrected chi connectivity index (χ2v) is 8.06. The molecule has 0 aliphatic heterocycles. The zero-order valence-electron chi connectivity index (χ0n) is 16.9. The number of hydrogen-bond donors (Lipinski definition) is 1. The van der Waals surface area contributed by atoms with Gasteiger partial charge < -0.3 is 14.8 Å². The molecule has 3 aromatic rings. The fraction of sp³-hybridized carbons (Fsp3) is 0.208. The van der Waals surface area contributed by atoms with Crippen molar-refractivity contribution in [3.05, 3.63) is 71.1 Å². The highest BCUT2D eigenvalue weighted by Crippen LogP contribution is 2.38. The number of amides is 1. The third-order valence-electron chi connectivity index (χ3n) is 5.01. The largest absolute Gasteiger partial charge is 0.496 e. The van der Waals surface area contributed by atoms with Crippen molar-refractivity contribution in [2.45, 2.75) is 12.8 Å². The lowest BCUT2D eigenvalue weighted by Crippen LogP contribution is -2.18. The molecule has 0 saturated heterocycles. The van der Waals surface area contributed by atoms with Crippen LogP contribution in [0.5, 0.6) is 5.75 Å². The molecule has 1 amide bonds. The van der Waals surface area contributed by atoms with Gasteiger partial charge in [-0.05, 0) is 30.5 Å². The Kier molecular flexibility index (Phi) is 6.13. The molecular formula is C24H21NO5S. The van der Waals surface area contributed by atoms with E-state index in [0.717, 1.165) is 18.4 Å². The normalized spacial score (nSPS) is 12.8. The summed E-state index contributed by atoms with van der Waals surface area (Å²) < 4.78 is 10.6. The first-order chi connectivity index (χ1) is 15.1. The second-order valence-electron chi connectivity index (χ2n) is 7.18.